The molecule has 0 aliphatic carbocycles. The Morgan fingerprint density at radius 1 is 1.31 bits per heavy atom. The number of rotatable bonds is 2. The molecule has 1 N–H and O–H groups in total. The highest BCUT2D eigenvalue weighted by atomic mass is 14.9. The second kappa shape index (κ2) is 3.88. The van der Waals surface area contributed by atoms with E-state index in [0.29, 0.717) is 6.04 Å². The lowest BCUT2D eigenvalue weighted by atomic mass is 10.0. The predicted octanol–water partition coefficient (Wildman–Crippen LogP) is 2.29. The molecule has 2 nitrogen and oxygen atoms in total. The molecular formula is C11H18N2. The average Bonchev–Trinajstić information content (AvgIpc) is 2.02. The molecule has 0 aliphatic rings. The van der Waals surface area contributed by atoms with Crippen LogP contribution in [-0.2, 0) is 0 Å². The van der Waals surface area contributed by atoms with Gasteiger partial charge in [-0.3, -0.25) is 4.98 Å². The third-order valence-corrected chi connectivity index (χ3v) is 2.45. The molecule has 0 bridgehead atoms. The van der Waals surface area contributed by atoms with Gasteiger partial charge in [0.25, 0.3) is 0 Å². The summed E-state index contributed by atoms with van der Waals surface area (Å²) in [6, 6.07) is 2.52. The third kappa shape index (κ3) is 2.07. The lowest BCUT2D eigenvalue weighted by Gasteiger charge is -2.16. The van der Waals surface area contributed by atoms with E-state index in [1.165, 1.54) is 11.1 Å². The standard InChI is InChI=1S/C11H18N2/c1-7-6-8(2)13-10(4)11(7)9(3)12-5/h6,9,12H,1-5H3. The van der Waals surface area contributed by atoms with Crippen LogP contribution < -0.4 is 5.32 Å². The lowest BCUT2D eigenvalue weighted by molar-refractivity contribution is 0.639. The van der Waals surface area contributed by atoms with E-state index in [4.69, 9.17) is 0 Å². The number of nitrogens with one attached hydrogen (secondary N) is 1. The topological polar surface area (TPSA) is 24.9 Å². The van der Waals surface area contributed by atoms with E-state index < -0.39 is 0 Å². The Morgan fingerprint density at radius 3 is 2.38 bits per heavy atom. The molecule has 0 aromatic carbocycles. The van der Waals surface area contributed by atoms with Crippen molar-refractivity contribution < 1.29 is 0 Å². The van der Waals surface area contributed by atoms with Gasteiger partial charge in [0, 0.05) is 17.4 Å². The van der Waals surface area contributed by atoms with Gasteiger partial charge in [0.05, 0.1) is 0 Å². The van der Waals surface area contributed by atoms with Gasteiger partial charge in [0.1, 0.15) is 0 Å². The molecule has 2 heteroatoms. The summed E-state index contributed by atoms with van der Waals surface area (Å²) in [5, 5.41) is 3.24. The number of hydrogen-bond acceptors (Lipinski definition) is 2. The largest absolute Gasteiger partial charge is 0.313 e. The molecule has 0 amide bonds. The predicted molar refractivity (Wildman–Crippen MR) is 55.9 cm³/mol. The van der Waals surface area contributed by atoms with Crippen LogP contribution in [0.15, 0.2) is 6.07 Å². The molecule has 1 heterocycles. The third-order valence-electron chi connectivity index (χ3n) is 2.45. The van der Waals surface area contributed by atoms with Crippen LogP contribution in [0.2, 0.25) is 0 Å². The Labute approximate surface area is 80.4 Å². The van der Waals surface area contributed by atoms with Crippen molar-refractivity contribution in [3.63, 3.8) is 0 Å². The first-order valence-electron chi connectivity index (χ1n) is 4.68. The fourth-order valence-electron chi connectivity index (χ4n) is 1.83. The zero-order chi connectivity index (χ0) is 10.0. The molecule has 0 spiro atoms. The van der Waals surface area contributed by atoms with Crippen LogP contribution in [-0.4, -0.2) is 12.0 Å². The molecule has 0 saturated heterocycles. The molecule has 0 saturated carbocycles. The summed E-state index contributed by atoms with van der Waals surface area (Å²) in [6.45, 7) is 8.41. The molecule has 1 aromatic rings. The van der Waals surface area contributed by atoms with Crippen molar-refractivity contribution in [1.29, 1.82) is 0 Å². The van der Waals surface area contributed by atoms with Crippen molar-refractivity contribution in [3.8, 4) is 0 Å². The molecular weight excluding hydrogens is 160 g/mol. The average molecular weight is 178 g/mol. The lowest BCUT2D eigenvalue weighted by Crippen LogP contribution is -2.16. The number of pyridine rings is 1. The van der Waals surface area contributed by atoms with Gasteiger partial charge in [0.15, 0.2) is 0 Å². The second-order valence-corrected chi connectivity index (χ2v) is 3.59. The summed E-state index contributed by atoms with van der Waals surface area (Å²) in [7, 11) is 1.98. The van der Waals surface area contributed by atoms with Crippen LogP contribution >= 0.6 is 0 Å². The number of aryl methyl sites for hydroxylation is 3. The van der Waals surface area contributed by atoms with Crippen LogP contribution in [0.3, 0.4) is 0 Å². The number of nitrogens with zero attached hydrogens (tertiary/aromatic N) is 1. The molecule has 72 valence electrons. The van der Waals surface area contributed by atoms with Crippen LogP contribution in [0.4, 0.5) is 0 Å². The van der Waals surface area contributed by atoms with Gasteiger partial charge in [-0.15, -0.1) is 0 Å². The Kier molecular flexibility index (Phi) is 3.04. The highest BCUT2D eigenvalue weighted by Crippen LogP contribution is 2.20. The molecule has 0 aliphatic heterocycles. The maximum atomic E-state index is 4.46. The summed E-state index contributed by atoms with van der Waals surface area (Å²) in [5.74, 6) is 0. The van der Waals surface area contributed by atoms with E-state index >= 15 is 0 Å². The van der Waals surface area contributed by atoms with E-state index in [1.807, 2.05) is 14.0 Å². The van der Waals surface area contributed by atoms with Gasteiger partial charge in [-0.1, -0.05) is 0 Å². The van der Waals surface area contributed by atoms with Crippen LogP contribution in [0.1, 0.15) is 35.5 Å². The van der Waals surface area contributed by atoms with Gasteiger partial charge in [0.2, 0.25) is 0 Å². The molecule has 1 rings (SSSR count). The van der Waals surface area contributed by atoms with Crippen LogP contribution in [0, 0.1) is 20.8 Å². The normalized spacial score (nSPS) is 13.0. The van der Waals surface area contributed by atoms with Gasteiger partial charge in [-0.25, -0.2) is 0 Å². The maximum absolute atomic E-state index is 4.46. The zero-order valence-electron chi connectivity index (χ0n) is 9.10. The summed E-state index contributed by atoms with van der Waals surface area (Å²) in [6.07, 6.45) is 0. The SMILES string of the molecule is CNC(C)c1c(C)cc(C)nc1C. The van der Waals surface area contributed by atoms with Crippen molar-refractivity contribution in [2.75, 3.05) is 7.05 Å². The summed E-state index contributed by atoms with van der Waals surface area (Å²) < 4.78 is 0. The Morgan fingerprint density at radius 2 is 1.92 bits per heavy atom. The van der Waals surface area contributed by atoms with E-state index in [0.717, 1.165) is 11.4 Å². The van der Waals surface area contributed by atoms with E-state index in [1.54, 1.807) is 0 Å². The first-order valence-corrected chi connectivity index (χ1v) is 4.68. The van der Waals surface area contributed by atoms with Crippen LogP contribution in [0.5, 0.6) is 0 Å². The first-order chi connectivity index (χ1) is 6.06. The van der Waals surface area contributed by atoms with Gasteiger partial charge < -0.3 is 5.32 Å². The summed E-state index contributed by atoms with van der Waals surface area (Å²) in [4.78, 5) is 4.46. The van der Waals surface area contributed by atoms with E-state index in [-0.39, 0.29) is 0 Å². The molecule has 0 fully saturated rings. The highest BCUT2D eigenvalue weighted by Gasteiger charge is 2.10. The zero-order valence-corrected chi connectivity index (χ0v) is 9.10. The molecule has 13 heavy (non-hydrogen) atoms. The first kappa shape index (κ1) is 10.2. The summed E-state index contributed by atoms with van der Waals surface area (Å²) >= 11 is 0. The van der Waals surface area contributed by atoms with Crippen LogP contribution in [0.25, 0.3) is 0 Å². The quantitative estimate of drug-likeness (QED) is 0.751. The molecule has 1 unspecified atom stereocenters. The monoisotopic (exact) mass is 178 g/mol. The molecule has 0 radical (unpaired) electrons. The minimum atomic E-state index is 0.382. The Hall–Kier alpha value is -0.890. The minimum absolute atomic E-state index is 0.382. The summed E-state index contributed by atoms with van der Waals surface area (Å²) in [5.41, 5.74) is 4.89. The smallest absolute Gasteiger partial charge is 0.0426 e. The maximum Gasteiger partial charge on any atom is 0.0426 e. The molecule has 1 atom stereocenters. The van der Waals surface area contributed by atoms with Gasteiger partial charge in [-0.2, -0.15) is 0 Å². The van der Waals surface area contributed by atoms with Gasteiger partial charge in [-0.05, 0) is 51.9 Å². The van der Waals surface area contributed by atoms with Gasteiger partial charge >= 0.3 is 0 Å². The van der Waals surface area contributed by atoms with Crippen molar-refractivity contribution in [2.24, 2.45) is 0 Å². The fourth-order valence-corrected chi connectivity index (χ4v) is 1.83. The van der Waals surface area contributed by atoms with E-state index in [2.05, 4.69) is 37.1 Å². The Balaban J connectivity index is 3.20. The van der Waals surface area contributed by atoms with Crippen molar-refractivity contribution in [1.82, 2.24) is 10.3 Å². The van der Waals surface area contributed by atoms with Crippen molar-refractivity contribution in [2.45, 2.75) is 33.7 Å². The second-order valence-electron chi connectivity index (χ2n) is 3.59. The number of aromatic nitrogens is 1. The Bertz CT molecular complexity index is 282. The minimum Gasteiger partial charge on any atom is -0.313 e. The van der Waals surface area contributed by atoms with Crippen molar-refractivity contribution >= 4 is 0 Å². The fraction of sp³-hybridized carbons (Fsp3) is 0.545. The number of hydrogen-bond donors (Lipinski definition) is 1. The van der Waals surface area contributed by atoms with E-state index in [9.17, 15) is 0 Å². The van der Waals surface area contributed by atoms with Crippen molar-refractivity contribution in [3.05, 3.63) is 28.6 Å². The highest BCUT2D eigenvalue weighted by molar-refractivity contribution is 5.33. The molecule has 1 aromatic heterocycles.